The van der Waals surface area contributed by atoms with Crippen molar-refractivity contribution in [1.82, 2.24) is 4.90 Å². The minimum absolute atomic E-state index is 0. The maximum atomic E-state index is 11.3. The summed E-state index contributed by atoms with van der Waals surface area (Å²) in [7, 11) is 3.72. The van der Waals surface area contributed by atoms with E-state index in [2.05, 4.69) is 6.58 Å². The standard InChI is InChI=1S/C10H19NO2.ClH/c1-6-7-8(2)10(12)13-9(3)11(4)5;/h9H,2,6-7H2,1,3-5H3;1H. The van der Waals surface area contributed by atoms with Gasteiger partial charge in [-0.25, -0.2) is 4.79 Å². The Labute approximate surface area is 92.5 Å². The van der Waals surface area contributed by atoms with E-state index in [1.807, 2.05) is 32.8 Å². The van der Waals surface area contributed by atoms with E-state index in [-0.39, 0.29) is 24.6 Å². The molecule has 1 atom stereocenters. The van der Waals surface area contributed by atoms with E-state index in [0.29, 0.717) is 12.0 Å². The number of hydrogen-bond donors (Lipinski definition) is 0. The molecule has 0 heterocycles. The third kappa shape index (κ3) is 6.00. The molecule has 0 N–H and O–H groups in total. The molecule has 1 unspecified atom stereocenters. The third-order valence-corrected chi connectivity index (χ3v) is 1.85. The average Bonchev–Trinajstić information content (AvgIpc) is 2.04. The van der Waals surface area contributed by atoms with Crippen LogP contribution in [0.4, 0.5) is 0 Å². The van der Waals surface area contributed by atoms with Gasteiger partial charge >= 0.3 is 5.97 Å². The van der Waals surface area contributed by atoms with Gasteiger partial charge in [-0.1, -0.05) is 19.9 Å². The molecule has 0 rings (SSSR count). The van der Waals surface area contributed by atoms with E-state index in [9.17, 15) is 4.79 Å². The summed E-state index contributed by atoms with van der Waals surface area (Å²) in [6, 6.07) is 0. The van der Waals surface area contributed by atoms with Crippen LogP contribution in [-0.4, -0.2) is 31.2 Å². The average molecular weight is 222 g/mol. The van der Waals surface area contributed by atoms with Crippen LogP contribution < -0.4 is 0 Å². The Morgan fingerprint density at radius 3 is 2.36 bits per heavy atom. The van der Waals surface area contributed by atoms with Gasteiger partial charge in [-0.05, 0) is 27.4 Å². The summed E-state index contributed by atoms with van der Waals surface area (Å²) in [5, 5.41) is 0. The second-order valence-electron chi connectivity index (χ2n) is 3.32. The molecule has 0 saturated carbocycles. The molecule has 0 aromatic carbocycles. The molecule has 0 aliphatic carbocycles. The van der Waals surface area contributed by atoms with Gasteiger partial charge in [0.1, 0.15) is 0 Å². The smallest absolute Gasteiger partial charge is 0.334 e. The maximum absolute atomic E-state index is 11.3. The first-order valence-electron chi connectivity index (χ1n) is 4.54. The Hall–Kier alpha value is -0.540. The number of halogens is 1. The van der Waals surface area contributed by atoms with Gasteiger partial charge in [0.25, 0.3) is 0 Å². The Morgan fingerprint density at radius 2 is 2.00 bits per heavy atom. The number of hydrogen-bond acceptors (Lipinski definition) is 3. The zero-order chi connectivity index (χ0) is 10.4. The molecule has 84 valence electrons. The molecule has 0 bridgehead atoms. The van der Waals surface area contributed by atoms with Crippen molar-refractivity contribution in [2.24, 2.45) is 0 Å². The van der Waals surface area contributed by atoms with Crippen LogP contribution in [0.15, 0.2) is 12.2 Å². The zero-order valence-electron chi connectivity index (χ0n) is 9.37. The summed E-state index contributed by atoms with van der Waals surface area (Å²) < 4.78 is 5.11. The fourth-order valence-corrected chi connectivity index (χ4v) is 0.747. The topological polar surface area (TPSA) is 29.5 Å². The highest BCUT2D eigenvalue weighted by Gasteiger charge is 2.13. The van der Waals surface area contributed by atoms with Gasteiger partial charge < -0.3 is 4.74 Å². The summed E-state index contributed by atoms with van der Waals surface area (Å²) in [5.41, 5.74) is 0.552. The fraction of sp³-hybridized carbons (Fsp3) is 0.700. The van der Waals surface area contributed by atoms with Crippen molar-refractivity contribution >= 4 is 18.4 Å². The number of nitrogens with zero attached hydrogens (tertiary/aromatic N) is 1. The first-order valence-corrected chi connectivity index (χ1v) is 4.54. The quantitative estimate of drug-likeness (QED) is 0.405. The highest BCUT2D eigenvalue weighted by Crippen LogP contribution is 2.06. The molecule has 0 aliphatic rings. The molecular formula is C10H20ClNO2. The molecule has 0 fully saturated rings. The molecular weight excluding hydrogens is 202 g/mol. The third-order valence-electron chi connectivity index (χ3n) is 1.85. The van der Waals surface area contributed by atoms with Crippen molar-refractivity contribution in [3.63, 3.8) is 0 Å². The van der Waals surface area contributed by atoms with Crippen LogP contribution in [0.25, 0.3) is 0 Å². The van der Waals surface area contributed by atoms with Crippen LogP contribution >= 0.6 is 12.4 Å². The minimum Gasteiger partial charge on any atom is -0.443 e. The van der Waals surface area contributed by atoms with Crippen LogP contribution in [-0.2, 0) is 9.53 Å². The molecule has 3 nitrogen and oxygen atoms in total. The van der Waals surface area contributed by atoms with E-state index >= 15 is 0 Å². The van der Waals surface area contributed by atoms with E-state index < -0.39 is 0 Å². The number of carbonyl (C=O) groups is 1. The summed E-state index contributed by atoms with van der Waals surface area (Å²) >= 11 is 0. The molecule has 0 aromatic heterocycles. The van der Waals surface area contributed by atoms with E-state index in [4.69, 9.17) is 4.74 Å². The van der Waals surface area contributed by atoms with Crippen LogP contribution in [0.1, 0.15) is 26.7 Å². The predicted molar refractivity (Wildman–Crippen MR) is 60.5 cm³/mol. The SMILES string of the molecule is C=C(CCC)C(=O)OC(C)N(C)C.Cl. The second kappa shape index (κ2) is 7.83. The predicted octanol–water partition coefficient (Wildman–Crippen LogP) is 2.22. The lowest BCUT2D eigenvalue weighted by atomic mass is 10.2. The lowest BCUT2D eigenvalue weighted by molar-refractivity contribution is -0.150. The molecule has 0 aromatic rings. The zero-order valence-corrected chi connectivity index (χ0v) is 10.2. The Balaban J connectivity index is 0. The van der Waals surface area contributed by atoms with Crippen molar-refractivity contribution < 1.29 is 9.53 Å². The number of esters is 1. The van der Waals surface area contributed by atoms with Crippen molar-refractivity contribution in [2.45, 2.75) is 32.9 Å². The van der Waals surface area contributed by atoms with Crippen molar-refractivity contribution in [3.05, 3.63) is 12.2 Å². The van der Waals surface area contributed by atoms with Crippen LogP contribution in [0.5, 0.6) is 0 Å². The van der Waals surface area contributed by atoms with Crippen molar-refractivity contribution in [3.8, 4) is 0 Å². The lowest BCUT2D eigenvalue weighted by Gasteiger charge is -2.20. The van der Waals surface area contributed by atoms with Gasteiger partial charge in [0.05, 0.1) is 0 Å². The van der Waals surface area contributed by atoms with Crippen LogP contribution in [0.2, 0.25) is 0 Å². The summed E-state index contributed by atoms with van der Waals surface area (Å²) in [4.78, 5) is 13.1. The van der Waals surface area contributed by atoms with Gasteiger partial charge in [-0.2, -0.15) is 0 Å². The second-order valence-corrected chi connectivity index (χ2v) is 3.32. The first kappa shape index (κ1) is 15.9. The normalized spacial score (nSPS) is 11.8. The molecule has 14 heavy (non-hydrogen) atoms. The molecule has 0 radical (unpaired) electrons. The maximum Gasteiger partial charge on any atom is 0.334 e. The van der Waals surface area contributed by atoms with Crippen LogP contribution in [0.3, 0.4) is 0 Å². The van der Waals surface area contributed by atoms with Gasteiger partial charge in [-0.15, -0.1) is 12.4 Å². The van der Waals surface area contributed by atoms with Crippen molar-refractivity contribution in [2.75, 3.05) is 14.1 Å². The van der Waals surface area contributed by atoms with Crippen LogP contribution in [0, 0.1) is 0 Å². The monoisotopic (exact) mass is 221 g/mol. The Bertz CT molecular complexity index is 193. The number of ether oxygens (including phenoxy) is 1. The number of carbonyl (C=O) groups excluding carboxylic acids is 1. The lowest BCUT2D eigenvalue weighted by Crippen LogP contribution is -2.30. The Kier molecular flexibility index (Phi) is 8.89. The van der Waals surface area contributed by atoms with Crippen molar-refractivity contribution in [1.29, 1.82) is 0 Å². The molecule has 0 amide bonds. The Morgan fingerprint density at radius 1 is 1.50 bits per heavy atom. The fourth-order valence-electron chi connectivity index (χ4n) is 0.747. The molecule has 0 spiro atoms. The van der Waals surface area contributed by atoms with Gasteiger partial charge in [0.2, 0.25) is 0 Å². The minimum atomic E-state index is -0.289. The number of rotatable bonds is 5. The van der Waals surface area contributed by atoms with Gasteiger partial charge in [0.15, 0.2) is 6.23 Å². The summed E-state index contributed by atoms with van der Waals surface area (Å²) in [6.45, 7) is 7.50. The highest BCUT2D eigenvalue weighted by atomic mass is 35.5. The van der Waals surface area contributed by atoms with E-state index in [0.717, 1.165) is 6.42 Å². The molecule has 0 saturated heterocycles. The van der Waals surface area contributed by atoms with Gasteiger partial charge in [0, 0.05) is 5.57 Å². The first-order chi connectivity index (χ1) is 5.99. The summed E-state index contributed by atoms with van der Waals surface area (Å²) in [5.74, 6) is -0.289. The molecule has 0 aliphatic heterocycles. The largest absolute Gasteiger partial charge is 0.443 e. The highest BCUT2D eigenvalue weighted by molar-refractivity contribution is 5.87. The van der Waals surface area contributed by atoms with E-state index in [1.54, 1.807) is 0 Å². The van der Waals surface area contributed by atoms with E-state index in [1.165, 1.54) is 0 Å². The molecule has 4 heteroatoms. The summed E-state index contributed by atoms with van der Waals surface area (Å²) in [6.07, 6.45) is 1.43. The van der Waals surface area contributed by atoms with Gasteiger partial charge in [-0.3, -0.25) is 4.90 Å².